The van der Waals surface area contributed by atoms with Crippen molar-refractivity contribution >= 4 is 11.8 Å². The van der Waals surface area contributed by atoms with Crippen molar-refractivity contribution in [3.63, 3.8) is 0 Å². The van der Waals surface area contributed by atoms with Crippen LogP contribution in [0.3, 0.4) is 0 Å². The first-order chi connectivity index (χ1) is 6.75. The molecule has 0 amide bonds. The Morgan fingerprint density at radius 3 is 2.79 bits per heavy atom. The molecule has 1 aromatic rings. The van der Waals surface area contributed by atoms with E-state index in [0.29, 0.717) is 0 Å². The number of rotatable bonds is 5. The SMILES string of the molecule is CSCCOc1ccccc1[C@@H](C)N. The monoisotopic (exact) mass is 211 g/mol. The normalized spacial score (nSPS) is 12.5. The number of thioether (sulfide) groups is 1. The Bertz CT molecular complexity index is 276. The molecule has 0 aromatic heterocycles. The Labute approximate surface area is 89.8 Å². The lowest BCUT2D eigenvalue weighted by molar-refractivity contribution is 0.338. The highest BCUT2D eigenvalue weighted by Gasteiger charge is 2.06. The van der Waals surface area contributed by atoms with Gasteiger partial charge in [-0.25, -0.2) is 0 Å². The summed E-state index contributed by atoms with van der Waals surface area (Å²) in [5, 5.41) is 0. The molecule has 0 fully saturated rings. The van der Waals surface area contributed by atoms with Crippen LogP contribution in [-0.2, 0) is 0 Å². The topological polar surface area (TPSA) is 35.2 Å². The third kappa shape index (κ3) is 3.24. The van der Waals surface area contributed by atoms with Gasteiger partial charge in [0.05, 0.1) is 6.61 Å². The number of hydrogen-bond donors (Lipinski definition) is 1. The summed E-state index contributed by atoms with van der Waals surface area (Å²) < 4.78 is 5.64. The molecule has 0 bridgehead atoms. The fourth-order valence-corrected chi connectivity index (χ4v) is 1.47. The van der Waals surface area contributed by atoms with Crippen molar-refractivity contribution in [1.82, 2.24) is 0 Å². The van der Waals surface area contributed by atoms with Gasteiger partial charge in [0.1, 0.15) is 5.75 Å². The summed E-state index contributed by atoms with van der Waals surface area (Å²) in [6.07, 6.45) is 2.07. The molecule has 2 N–H and O–H groups in total. The maximum absolute atomic E-state index is 5.83. The van der Waals surface area contributed by atoms with Crippen LogP contribution >= 0.6 is 11.8 Å². The van der Waals surface area contributed by atoms with Crippen molar-refractivity contribution in [2.45, 2.75) is 13.0 Å². The van der Waals surface area contributed by atoms with E-state index in [1.165, 1.54) is 0 Å². The van der Waals surface area contributed by atoms with Crippen LogP contribution in [-0.4, -0.2) is 18.6 Å². The van der Waals surface area contributed by atoms with E-state index >= 15 is 0 Å². The summed E-state index contributed by atoms with van der Waals surface area (Å²) >= 11 is 1.78. The lowest BCUT2D eigenvalue weighted by Gasteiger charge is -2.13. The molecular weight excluding hydrogens is 194 g/mol. The van der Waals surface area contributed by atoms with Crippen LogP contribution in [0.2, 0.25) is 0 Å². The maximum atomic E-state index is 5.83. The number of nitrogens with two attached hydrogens (primary N) is 1. The van der Waals surface area contributed by atoms with Crippen LogP contribution in [0.25, 0.3) is 0 Å². The lowest BCUT2D eigenvalue weighted by Crippen LogP contribution is -2.09. The zero-order valence-electron chi connectivity index (χ0n) is 8.69. The summed E-state index contributed by atoms with van der Waals surface area (Å²) in [4.78, 5) is 0. The maximum Gasteiger partial charge on any atom is 0.124 e. The molecular formula is C11H17NOS. The second-order valence-corrected chi connectivity index (χ2v) is 4.15. The average molecular weight is 211 g/mol. The van der Waals surface area contributed by atoms with E-state index in [2.05, 4.69) is 6.26 Å². The summed E-state index contributed by atoms with van der Waals surface area (Å²) in [6, 6.07) is 7.97. The Balaban J connectivity index is 2.64. The fourth-order valence-electron chi connectivity index (χ4n) is 1.22. The molecule has 0 aliphatic rings. The zero-order chi connectivity index (χ0) is 10.4. The average Bonchev–Trinajstić information content (AvgIpc) is 2.19. The van der Waals surface area contributed by atoms with Crippen molar-refractivity contribution in [2.75, 3.05) is 18.6 Å². The third-order valence-electron chi connectivity index (χ3n) is 1.95. The quantitative estimate of drug-likeness (QED) is 0.760. The van der Waals surface area contributed by atoms with Crippen molar-refractivity contribution in [3.05, 3.63) is 29.8 Å². The highest BCUT2D eigenvalue weighted by atomic mass is 32.2. The summed E-state index contributed by atoms with van der Waals surface area (Å²) in [5.74, 6) is 1.92. The van der Waals surface area contributed by atoms with Gasteiger partial charge in [0.2, 0.25) is 0 Å². The van der Waals surface area contributed by atoms with Crippen LogP contribution in [0.5, 0.6) is 5.75 Å². The Kier molecular flexibility index (Phi) is 4.84. The highest BCUT2D eigenvalue weighted by Crippen LogP contribution is 2.23. The van der Waals surface area contributed by atoms with Gasteiger partial charge in [-0.2, -0.15) is 11.8 Å². The van der Waals surface area contributed by atoms with Crippen molar-refractivity contribution in [1.29, 1.82) is 0 Å². The van der Waals surface area contributed by atoms with E-state index in [9.17, 15) is 0 Å². The van der Waals surface area contributed by atoms with Crippen LogP contribution in [0.1, 0.15) is 18.5 Å². The molecule has 0 heterocycles. The summed E-state index contributed by atoms with van der Waals surface area (Å²) in [7, 11) is 0. The van der Waals surface area contributed by atoms with Gasteiger partial charge < -0.3 is 10.5 Å². The second-order valence-electron chi connectivity index (χ2n) is 3.17. The van der Waals surface area contributed by atoms with Gasteiger partial charge in [-0.3, -0.25) is 0 Å². The van der Waals surface area contributed by atoms with E-state index in [-0.39, 0.29) is 6.04 Å². The molecule has 0 saturated carbocycles. The Morgan fingerprint density at radius 1 is 1.43 bits per heavy atom. The van der Waals surface area contributed by atoms with Crippen molar-refractivity contribution in [2.24, 2.45) is 5.73 Å². The van der Waals surface area contributed by atoms with Crippen molar-refractivity contribution in [3.8, 4) is 5.75 Å². The predicted octanol–water partition coefficient (Wildman–Crippen LogP) is 2.45. The van der Waals surface area contributed by atoms with Crippen LogP contribution in [0.15, 0.2) is 24.3 Å². The third-order valence-corrected chi connectivity index (χ3v) is 2.53. The van der Waals surface area contributed by atoms with Gasteiger partial charge in [-0.1, -0.05) is 18.2 Å². The van der Waals surface area contributed by atoms with Gasteiger partial charge in [0.15, 0.2) is 0 Å². The Morgan fingerprint density at radius 2 is 2.14 bits per heavy atom. The number of hydrogen-bond acceptors (Lipinski definition) is 3. The fraction of sp³-hybridized carbons (Fsp3) is 0.455. The predicted molar refractivity (Wildman–Crippen MR) is 62.9 cm³/mol. The molecule has 14 heavy (non-hydrogen) atoms. The molecule has 2 nitrogen and oxygen atoms in total. The number of para-hydroxylation sites is 1. The molecule has 3 heteroatoms. The molecule has 78 valence electrons. The first kappa shape index (κ1) is 11.4. The van der Waals surface area contributed by atoms with Crippen LogP contribution in [0.4, 0.5) is 0 Å². The lowest BCUT2D eigenvalue weighted by atomic mass is 10.1. The van der Waals surface area contributed by atoms with E-state index in [1.54, 1.807) is 11.8 Å². The van der Waals surface area contributed by atoms with Crippen LogP contribution in [0, 0.1) is 0 Å². The molecule has 0 spiro atoms. The minimum atomic E-state index is 0.0282. The molecule has 0 radical (unpaired) electrons. The molecule has 0 aliphatic heterocycles. The molecule has 0 saturated heterocycles. The minimum absolute atomic E-state index is 0.0282. The van der Waals surface area contributed by atoms with Gasteiger partial charge in [0, 0.05) is 17.4 Å². The molecule has 1 rings (SSSR count). The number of ether oxygens (including phenoxy) is 1. The van der Waals surface area contributed by atoms with Gasteiger partial charge in [0.25, 0.3) is 0 Å². The summed E-state index contributed by atoms with van der Waals surface area (Å²) in [5.41, 5.74) is 6.91. The van der Waals surface area contributed by atoms with E-state index in [0.717, 1.165) is 23.7 Å². The van der Waals surface area contributed by atoms with Crippen LogP contribution < -0.4 is 10.5 Å². The standard InChI is InChI=1S/C11H17NOS/c1-9(12)10-5-3-4-6-11(10)13-7-8-14-2/h3-6,9H,7-8,12H2,1-2H3/t9-/m1/s1. The first-order valence-electron chi connectivity index (χ1n) is 4.72. The van der Waals surface area contributed by atoms with E-state index in [1.807, 2.05) is 31.2 Å². The largest absolute Gasteiger partial charge is 0.492 e. The molecule has 1 aromatic carbocycles. The molecule has 1 atom stereocenters. The van der Waals surface area contributed by atoms with Gasteiger partial charge in [-0.15, -0.1) is 0 Å². The first-order valence-corrected chi connectivity index (χ1v) is 6.11. The van der Waals surface area contributed by atoms with E-state index < -0.39 is 0 Å². The second kappa shape index (κ2) is 5.94. The Hall–Kier alpha value is -0.670. The smallest absolute Gasteiger partial charge is 0.124 e. The number of benzene rings is 1. The van der Waals surface area contributed by atoms with Gasteiger partial charge >= 0.3 is 0 Å². The zero-order valence-corrected chi connectivity index (χ0v) is 9.51. The summed E-state index contributed by atoms with van der Waals surface area (Å²) in [6.45, 7) is 2.71. The van der Waals surface area contributed by atoms with Crippen molar-refractivity contribution < 1.29 is 4.74 Å². The molecule has 0 unspecified atom stereocenters. The minimum Gasteiger partial charge on any atom is -0.492 e. The molecule has 0 aliphatic carbocycles. The van der Waals surface area contributed by atoms with E-state index in [4.69, 9.17) is 10.5 Å². The highest BCUT2D eigenvalue weighted by molar-refractivity contribution is 7.98. The van der Waals surface area contributed by atoms with Gasteiger partial charge in [-0.05, 0) is 19.2 Å².